The molecular weight excluding hydrogens is 334 g/mol. The van der Waals surface area contributed by atoms with E-state index >= 15 is 0 Å². The number of rotatable bonds is 1. The summed E-state index contributed by atoms with van der Waals surface area (Å²) in [5.74, 6) is 1.08. The van der Waals surface area contributed by atoms with Gasteiger partial charge in [-0.1, -0.05) is 18.5 Å². The largest absolute Gasteiger partial charge is 0.334 e. The third-order valence-corrected chi connectivity index (χ3v) is 5.54. The van der Waals surface area contributed by atoms with Gasteiger partial charge in [0.2, 0.25) is 0 Å². The van der Waals surface area contributed by atoms with Crippen LogP contribution in [0.4, 0.5) is 0 Å². The molecule has 18 heavy (non-hydrogen) atoms. The summed E-state index contributed by atoms with van der Waals surface area (Å²) >= 11 is 11.2. The lowest BCUT2D eigenvalue weighted by atomic mass is 10.1. The molecule has 0 aromatic heterocycles. The number of carbonyl (C=O) groups is 1. The first-order valence-electron chi connectivity index (χ1n) is 5.88. The fourth-order valence-corrected chi connectivity index (χ4v) is 3.99. The number of benzene rings is 1. The molecule has 1 aliphatic heterocycles. The summed E-state index contributed by atoms with van der Waals surface area (Å²) in [6.45, 7) is 5.09. The van der Waals surface area contributed by atoms with E-state index in [1.54, 1.807) is 18.2 Å². The molecule has 0 aliphatic carbocycles. The Morgan fingerprint density at radius 3 is 2.89 bits per heavy atom. The van der Waals surface area contributed by atoms with Gasteiger partial charge in [-0.2, -0.15) is 11.8 Å². The average Bonchev–Trinajstić information content (AvgIpc) is 2.32. The Labute approximate surface area is 125 Å². The lowest BCUT2D eigenvalue weighted by molar-refractivity contribution is 0.0697. The summed E-state index contributed by atoms with van der Waals surface area (Å²) in [4.78, 5) is 14.5. The highest BCUT2D eigenvalue weighted by atomic mass is 79.9. The molecule has 0 N–H and O–H groups in total. The highest BCUT2D eigenvalue weighted by molar-refractivity contribution is 9.10. The maximum absolute atomic E-state index is 12.5. The van der Waals surface area contributed by atoms with Gasteiger partial charge in [0.25, 0.3) is 5.91 Å². The number of thioether (sulfide) groups is 1. The Hall–Kier alpha value is -0.190. The molecule has 1 amide bonds. The van der Waals surface area contributed by atoms with Crippen molar-refractivity contribution in [2.45, 2.75) is 25.1 Å². The van der Waals surface area contributed by atoms with E-state index in [4.69, 9.17) is 11.6 Å². The second-order valence-electron chi connectivity index (χ2n) is 4.44. The Bertz CT molecular complexity index is 468. The van der Waals surface area contributed by atoms with E-state index in [-0.39, 0.29) is 11.9 Å². The van der Waals surface area contributed by atoms with Crippen molar-refractivity contribution in [2.24, 2.45) is 0 Å². The molecule has 5 heteroatoms. The molecule has 2 nitrogen and oxygen atoms in total. The van der Waals surface area contributed by atoms with E-state index in [0.717, 1.165) is 16.8 Å². The van der Waals surface area contributed by atoms with Crippen molar-refractivity contribution in [3.63, 3.8) is 0 Å². The first-order chi connectivity index (χ1) is 8.50. The summed E-state index contributed by atoms with van der Waals surface area (Å²) in [6.07, 6.45) is 0. The van der Waals surface area contributed by atoms with Crippen LogP contribution in [0.5, 0.6) is 0 Å². The quantitative estimate of drug-likeness (QED) is 0.762. The zero-order chi connectivity index (χ0) is 13.3. The lowest BCUT2D eigenvalue weighted by Gasteiger charge is -2.37. The minimum atomic E-state index is 0.0817. The standard InChI is InChI=1S/C13H15BrClNOS/c1-8-9(2)18-6-5-16(8)13(17)11-4-3-10(15)7-12(11)14/h3-4,7-9H,5-6H2,1-2H3. The number of hydrogen-bond donors (Lipinski definition) is 0. The van der Waals surface area contributed by atoms with Crippen molar-refractivity contribution in [2.75, 3.05) is 12.3 Å². The third-order valence-electron chi connectivity index (χ3n) is 3.31. The summed E-state index contributed by atoms with van der Waals surface area (Å²) in [7, 11) is 0. The predicted octanol–water partition coefficient (Wildman–Crippen LogP) is 4.07. The predicted molar refractivity (Wildman–Crippen MR) is 81.6 cm³/mol. The van der Waals surface area contributed by atoms with E-state index in [1.807, 2.05) is 16.7 Å². The van der Waals surface area contributed by atoms with Crippen LogP contribution in [0.1, 0.15) is 24.2 Å². The van der Waals surface area contributed by atoms with Crippen LogP contribution in [0, 0.1) is 0 Å². The molecule has 1 aromatic carbocycles. The molecule has 1 heterocycles. The molecule has 1 aliphatic rings. The van der Waals surface area contributed by atoms with Crippen LogP contribution in [-0.4, -0.2) is 34.4 Å². The molecule has 98 valence electrons. The fraction of sp³-hybridized carbons (Fsp3) is 0.462. The normalized spacial score (nSPS) is 24.1. The lowest BCUT2D eigenvalue weighted by Crippen LogP contribution is -2.48. The van der Waals surface area contributed by atoms with E-state index in [9.17, 15) is 4.79 Å². The van der Waals surface area contributed by atoms with E-state index < -0.39 is 0 Å². The van der Waals surface area contributed by atoms with Gasteiger partial charge in [0.15, 0.2) is 0 Å². The van der Waals surface area contributed by atoms with E-state index in [0.29, 0.717) is 15.8 Å². The van der Waals surface area contributed by atoms with Gasteiger partial charge >= 0.3 is 0 Å². The van der Waals surface area contributed by atoms with Crippen molar-refractivity contribution < 1.29 is 4.79 Å². The molecule has 1 fully saturated rings. The molecule has 0 radical (unpaired) electrons. The van der Waals surface area contributed by atoms with Gasteiger partial charge in [-0.15, -0.1) is 0 Å². The van der Waals surface area contributed by atoms with Gasteiger partial charge in [0.1, 0.15) is 0 Å². The van der Waals surface area contributed by atoms with Gasteiger partial charge < -0.3 is 4.90 Å². The monoisotopic (exact) mass is 347 g/mol. The Balaban J connectivity index is 2.25. The van der Waals surface area contributed by atoms with Crippen molar-refractivity contribution in [1.82, 2.24) is 4.90 Å². The second-order valence-corrected chi connectivity index (χ2v) is 7.22. The van der Waals surface area contributed by atoms with Crippen molar-refractivity contribution in [3.8, 4) is 0 Å². The summed E-state index contributed by atoms with van der Waals surface area (Å²) in [5.41, 5.74) is 0.686. The highest BCUT2D eigenvalue weighted by Gasteiger charge is 2.30. The molecule has 2 unspecified atom stereocenters. The minimum absolute atomic E-state index is 0.0817. The molecule has 1 saturated heterocycles. The average molecular weight is 349 g/mol. The molecule has 0 bridgehead atoms. The second kappa shape index (κ2) is 5.85. The Morgan fingerprint density at radius 2 is 2.22 bits per heavy atom. The summed E-state index contributed by atoms with van der Waals surface area (Å²) < 4.78 is 0.762. The molecule has 2 atom stereocenters. The zero-order valence-corrected chi connectivity index (χ0v) is 13.5. The number of hydrogen-bond acceptors (Lipinski definition) is 2. The summed E-state index contributed by atoms with van der Waals surface area (Å²) in [5, 5.41) is 1.11. The van der Waals surface area contributed by atoms with Crippen LogP contribution >= 0.6 is 39.3 Å². The van der Waals surface area contributed by atoms with Crippen LogP contribution in [-0.2, 0) is 0 Å². The third kappa shape index (κ3) is 2.86. The van der Waals surface area contributed by atoms with Gasteiger partial charge in [-0.25, -0.2) is 0 Å². The number of halogens is 2. The van der Waals surface area contributed by atoms with Gasteiger partial charge in [0, 0.05) is 33.1 Å². The van der Waals surface area contributed by atoms with Crippen molar-refractivity contribution in [3.05, 3.63) is 33.3 Å². The summed E-state index contributed by atoms with van der Waals surface area (Å²) in [6, 6.07) is 5.57. The fourth-order valence-electron chi connectivity index (χ4n) is 2.04. The first kappa shape index (κ1) is 14.2. The van der Waals surface area contributed by atoms with E-state index in [2.05, 4.69) is 29.8 Å². The Morgan fingerprint density at radius 1 is 1.50 bits per heavy atom. The minimum Gasteiger partial charge on any atom is -0.334 e. The zero-order valence-electron chi connectivity index (χ0n) is 10.3. The van der Waals surface area contributed by atoms with E-state index in [1.165, 1.54) is 0 Å². The van der Waals surface area contributed by atoms with Gasteiger partial charge in [-0.05, 0) is 41.1 Å². The van der Waals surface area contributed by atoms with Crippen LogP contribution in [0.15, 0.2) is 22.7 Å². The topological polar surface area (TPSA) is 20.3 Å². The van der Waals surface area contributed by atoms with Crippen LogP contribution in [0.3, 0.4) is 0 Å². The SMILES string of the molecule is CC1SCCN(C(=O)c2ccc(Cl)cc2Br)C1C. The van der Waals surface area contributed by atoms with Crippen molar-refractivity contribution in [1.29, 1.82) is 0 Å². The Kier molecular flexibility index (Phi) is 4.62. The smallest absolute Gasteiger partial charge is 0.255 e. The van der Waals surface area contributed by atoms with Crippen molar-refractivity contribution >= 4 is 45.2 Å². The van der Waals surface area contributed by atoms with Crippen LogP contribution < -0.4 is 0 Å². The molecule has 0 saturated carbocycles. The van der Waals surface area contributed by atoms with Crippen LogP contribution in [0.25, 0.3) is 0 Å². The molecule has 2 rings (SSSR count). The molecular formula is C13H15BrClNOS. The molecule has 0 spiro atoms. The van der Waals surface area contributed by atoms with Gasteiger partial charge in [-0.3, -0.25) is 4.79 Å². The highest BCUT2D eigenvalue weighted by Crippen LogP contribution is 2.28. The van der Waals surface area contributed by atoms with Crippen LogP contribution in [0.2, 0.25) is 5.02 Å². The maximum atomic E-state index is 12.5. The number of carbonyl (C=O) groups excluding carboxylic acids is 1. The number of nitrogens with zero attached hydrogens (tertiary/aromatic N) is 1. The molecule has 1 aromatic rings. The maximum Gasteiger partial charge on any atom is 0.255 e. The number of amides is 1. The van der Waals surface area contributed by atoms with Gasteiger partial charge in [0.05, 0.1) is 5.56 Å². The first-order valence-corrected chi connectivity index (χ1v) is 8.10.